The van der Waals surface area contributed by atoms with Gasteiger partial charge < -0.3 is 19.7 Å². The number of aliphatic hydroxyl groups is 2. The predicted octanol–water partition coefficient (Wildman–Crippen LogP) is -0.0968. The lowest BCUT2D eigenvalue weighted by molar-refractivity contribution is -0.253. The summed E-state index contributed by atoms with van der Waals surface area (Å²) in [6.07, 6.45) is -0.906. The molecule has 4 atom stereocenters. The molecule has 4 nitrogen and oxygen atoms in total. The first-order valence-corrected chi connectivity index (χ1v) is 4.37. The maximum atomic E-state index is 9.50. The van der Waals surface area contributed by atoms with Gasteiger partial charge in [-0.3, -0.25) is 0 Å². The Hall–Kier alpha value is -0.420. The van der Waals surface area contributed by atoms with Crippen LogP contribution in [0.5, 0.6) is 0 Å². The highest BCUT2D eigenvalue weighted by Crippen LogP contribution is 2.20. The van der Waals surface area contributed by atoms with E-state index in [2.05, 4.69) is 6.58 Å². The topological polar surface area (TPSA) is 58.9 Å². The Morgan fingerprint density at radius 1 is 1.54 bits per heavy atom. The van der Waals surface area contributed by atoms with Gasteiger partial charge in [0.1, 0.15) is 6.10 Å². The summed E-state index contributed by atoms with van der Waals surface area (Å²) in [5.41, 5.74) is 0. The van der Waals surface area contributed by atoms with E-state index in [9.17, 15) is 10.2 Å². The van der Waals surface area contributed by atoms with Gasteiger partial charge in [0.2, 0.25) is 0 Å². The van der Waals surface area contributed by atoms with Crippen LogP contribution in [0.2, 0.25) is 0 Å². The van der Waals surface area contributed by atoms with Crippen molar-refractivity contribution in [2.45, 2.75) is 25.4 Å². The molecule has 1 heterocycles. The van der Waals surface area contributed by atoms with E-state index in [1.165, 1.54) is 0 Å². The lowest BCUT2D eigenvalue weighted by Crippen LogP contribution is -2.50. The molecule has 0 saturated carbocycles. The third-order valence-corrected chi connectivity index (χ3v) is 2.11. The molecule has 13 heavy (non-hydrogen) atoms. The third-order valence-electron chi connectivity index (χ3n) is 2.11. The summed E-state index contributed by atoms with van der Waals surface area (Å²) in [4.78, 5) is 0. The van der Waals surface area contributed by atoms with Crippen LogP contribution in [0.4, 0.5) is 0 Å². The summed E-state index contributed by atoms with van der Waals surface area (Å²) >= 11 is 0. The second kappa shape index (κ2) is 4.72. The zero-order valence-electron chi connectivity index (χ0n) is 7.72. The molecule has 4 heteroatoms. The molecule has 1 rings (SSSR count). The van der Waals surface area contributed by atoms with Gasteiger partial charge >= 0.3 is 0 Å². The van der Waals surface area contributed by atoms with Crippen molar-refractivity contribution >= 4 is 0 Å². The molecule has 1 aliphatic rings. The van der Waals surface area contributed by atoms with Gasteiger partial charge in [-0.05, 0) is 0 Å². The Morgan fingerprint density at radius 2 is 2.23 bits per heavy atom. The van der Waals surface area contributed by atoms with Crippen molar-refractivity contribution in [2.24, 2.45) is 5.92 Å². The Bertz CT molecular complexity index is 171. The van der Waals surface area contributed by atoms with Crippen LogP contribution in [0.3, 0.4) is 0 Å². The molecular formula is C9H16O4. The fourth-order valence-electron chi connectivity index (χ4n) is 1.25. The molecule has 1 saturated heterocycles. The Kier molecular flexibility index (Phi) is 3.87. The van der Waals surface area contributed by atoms with Crippen LogP contribution in [0.25, 0.3) is 0 Å². The number of hydrogen-bond acceptors (Lipinski definition) is 4. The summed E-state index contributed by atoms with van der Waals surface area (Å²) in [7, 11) is 0. The second-order valence-electron chi connectivity index (χ2n) is 3.28. The minimum Gasteiger partial charge on any atom is -0.390 e. The van der Waals surface area contributed by atoms with Gasteiger partial charge in [0.05, 0.1) is 19.3 Å². The highest BCUT2D eigenvalue weighted by atomic mass is 16.7. The van der Waals surface area contributed by atoms with Gasteiger partial charge in [-0.1, -0.05) is 13.0 Å². The minimum absolute atomic E-state index is 0.0569. The fourth-order valence-corrected chi connectivity index (χ4v) is 1.25. The molecule has 76 valence electrons. The van der Waals surface area contributed by atoms with E-state index in [0.717, 1.165) is 0 Å². The summed E-state index contributed by atoms with van der Waals surface area (Å²) in [6.45, 7) is 6.01. The Morgan fingerprint density at radius 3 is 2.85 bits per heavy atom. The van der Waals surface area contributed by atoms with Crippen LogP contribution in [0.1, 0.15) is 6.92 Å². The SMILES string of the molecule is C=CCO[C@@H]1OC[C@H](C)C(O)C1O. The van der Waals surface area contributed by atoms with E-state index < -0.39 is 18.5 Å². The van der Waals surface area contributed by atoms with Crippen molar-refractivity contribution < 1.29 is 19.7 Å². The molecule has 1 fully saturated rings. The molecule has 2 N–H and O–H groups in total. The van der Waals surface area contributed by atoms with Gasteiger partial charge in [-0.15, -0.1) is 6.58 Å². The average Bonchev–Trinajstić information content (AvgIpc) is 2.13. The quantitative estimate of drug-likeness (QED) is 0.607. The normalized spacial score (nSPS) is 40.2. The summed E-state index contributed by atoms with van der Waals surface area (Å²) < 4.78 is 10.3. The molecule has 2 unspecified atom stereocenters. The van der Waals surface area contributed by atoms with E-state index in [1.54, 1.807) is 6.08 Å². The molecule has 0 radical (unpaired) electrons. The lowest BCUT2D eigenvalue weighted by Gasteiger charge is -2.35. The molecule has 0 aliphatic carbocycles. The first-order valence-electron chi connectivity index (χ1n) is 4.37. The molecule has 0 bridgehead atoms. The number of ether oxygens (including phenoxy) is 2. The smallest absolute Gasteiger partial charge is 0.186 e. The van der Waals surface area contributed by atoms with E-state index in [0.29, 0.717) is 13.2 Å². The van der Waals surface area contributed by atoms with E-state index in [-0.39, 0.29) is 5.92 Å². The zero-order valence-corrected chi connectivity index (χ0v) is 7.72. The van der Waals surface area contributed by atoms with Crippen molar-refractivity contribution in [3.05, 3.63) is 12.7 Å². The predicted molar refractivity (Wildman–Crippen MR) is 47.1 cm³/mol. The van der Waals surface area contributed by atoms with Gasteiger partial charge in [0, 0.05) is 5.92 Å². The highest BCUT2D eigenvalue weighted by molar-refractivity contribution is 4.81. The van der Waals surface area contributed by atoms with Crippen molar-refractivity contribution in [2.75, 3.05) is 13.2 Å². The Balaban J connectivity index is 2.43. The molecule has 0 aromatic carbocycles. The average molecular weight is 188 g/mol. The molecule has 0 aromatic heterocycles. The monoisotopic (exact) mass is 188 g/mol. The third kappa shape index (κ3) is 2.51. The molecule has 0 spiro atoms. The summed E-state index contributed by atoms with van der Waals surface area (Å²) in [5, 5.41) is 19.0. The van der Waals surface area contributed by atoms with Crippen LogP contribution in [-0.2, 0) is 9.47 Å². The van der Waals surface area contributed by atoms with Gasteiger partial charge in [-0.25, -0.2) is 0 Å². The van der Waals surface area contributed by atoms with Crippen LogP contribution < -0.4 is 0 Å². The van der Waals surface area contributed by atoms with Gasteiger partial charge in [-0.2, -0.15) is 0 Å². The number of rotatable bonds is 3. The van der Waals surface area contributed by atoms with Gasteiger partial charge in [0.15, 0.2) is 6.29 Å². The Labute approximate surface area is 77.8 Å². The number of hydrogen-bond donors (Lipinski definition) is 2. The maximum absolute atomic E-state index is 9.50. The van der Waals surface area contributed by atoms with Crippen molar-refractivity contribution in [3.63, 3.8) is 0 Å². The highest BCUT2D eigenvalue weighted by Gasteiger charge is 2.36. The lowest BCUT2D eigenvalue weighted by atomic mass is 9.98. The first-order chi connectivity index (χ1) is 6.16. The van der Waals surface area contributed by atoms with Crippen LogP contribution in [0, 0.1) is 5.92 Å². The van der Waals surface area contributed by atoms with Crippen molar-refractivity contribution in [3.8, 4) is 0 Å². The summed E-state index contributed by atoms with van der Waals surface area (Å²) in [6, 6.07) is 0. The van der Waals surface area contributed by atoms with E-state index in [4.69, 9.17) is 9.47 Å². The van der Waals surface area contributed by atoms with E-state index >= 15 is 0 Å². The van der Waals surface area contributed by atoms with E-state index in [1.807, 2.05) is 6.92 Å². The van der Waals surface area contributed by atoms with Gasteiger partial charge in [0.25, 0.3) is 0 Å². The maximum Gasteiger partial charge on any atom is 0.186 e. The zero-order chi connectivity index (χ0) is 9.84. The van der Waals surface area contributed by atoms with Crippen molar-refractivity contribution in [1.29, 1.82) is 0 Å². The molecule has 0 aromatic rings. The standard InChI is InChI=1S/C9H16O4/c1-3-4-12-9-8(11)7(10)6(2)5-13-9/h3,6-11H,1,4-5H2,2H3/t6-,7?,8?,9+/m0/s1. The number of aliphatic hydroxyl groups excluding tert-OH is 2. The van der Waals surface area contributed by atoms with Crippen LogP contribution in [-0.4, -0.2) is 41.9 Å². The summed E-state index contributed by atoms with van der Waals surface area (Å²) in [5.74, 6) is -0.0569. The van der Waals surface area contributed by atoms with Crippen molar-refractivity contribution in [1.82, 2.24) is 0 Å². The molecule has 1 aliphatic heterocycles. The minimum atomic E-state index is -0.969. The first kappa shape index (κ1) is 10.7. The largest absolute Gasteiger partial charge is 0.390 e. The second-order valence-corrected chi connectivity index (χ2v) is 3.28. The molecular weight excluding hydrogens is 172 g/mol. The molecule has 0 amide bonds. The van der Waals surface area contributed by atoms with Crippen LogP contribution >= 0.6 is 0 Å². The van der Waals surface area contributed by atoms with Crippen LogP contribution in [0.15, 0.2) is 12.7 Å². The fraction of sp³-hybridized carbons (Fsp3) is 0.778.